The first-order chi connectivity index (χ1) is 18.0. The first-order valence-corrected chi connectivity index (χ1v) is 12.2. The largest absolute Gasteiger partial charge is 0.478 e. The minimum atomic E-state index is -1.03. The number of para-hydroxylation sites is 1. The highest BCUT2D eigenvalue weighted by Gasteiger charge is 2.41. The van der Waals surface area contributed by atoms with Gasteiger partial charge in [-0.1, -0.05) is 42.5 Å². The molecule has 0 bridgehead atoms. The maximum absolute atomic E-state index is 12.7. The van der Waals surface area contributed by atoms with Crippen LogP contribution < -0.4 is 10.6 Å². The van der Waals surface area contributed by atoms with Gasteiger partial charge in [-0.05, 0) is 54.7 Å². The zero-order chi connectivity index (χ0) is 25.8. The number of rotatable bonds is 8. The molecule has 0 spiro atoms. The number of anilines is 1. The lowest BCUT2D eigenvalue weighted by molar-refractivity contribution is -0.116. The normalized spacial score (nSPS) is 16.9. The number of hydrogen-bond donors (Lipinski definition) is 3. The van der Waals surface area contributed by atoms with Crippen molar-refractivity contribution in [2.24, 2.45) is 0 Å². The van der Waals surface area contributed by atoms with Gasteiger partial charge in [-0.2, -0.15) is 0 Å². The van der Waals surface area contributed by atoms with Gasteiger partial charge >= 0.3 is 5.97 Å². The van der Waals surface area contributed by atoms with Crippen LogP contribution in [-0.2, 0) is 4.79 Å². The van der Waals surface area contributed by atoms with E-state index >= 15 is 0 Å². The van der Waals surface area contributed by atoms with Gasteiger partial charge in [-0.25, -0.2) is 4.79 Å². The second kappa shape index (κ2) is 10.6. The van der Waals surface area contributed by atoms with Gasteiger partial charge in [0.25, 0.3) is 0 Å². The highest BCUT2D eigenvalue weighted by atomic mass is 32.1. The average Bonchev–Trinajstić information content (AvgIpc) is 3.53. The molecule has 3 N–H and O–H groups in total. The number of carbonyl (C=O) groups excluding carboxylic acids is 1. The number of nitrogens with zero attached hydrogens (tertiary/aromatic N) is 2. The van der Waals surface area contributed by atoms with Crippen LogP contribution in [0.5, 0.6) is 0 Å². The third-order valence-electron chi connectivity index (χ3n) is 6.18. The molecule has 1 saturated heterocycles. The molecule has 4 aromatic rings. The summed E-state index contributed by atoms with van der Waals surface area (Å²) in [6.07, 6.45) is 1.92. The Morgan fingerprint density at radius 1 is 1.00 bits per heavy atom. The zero-order valence-electron chi connectivity index (χ0n) is 19.7. The van der Waals surface area contributed by atoms with Gasteiger partial charge in [0, 0.05) is 30.4 Å². The number of carbonyl (C=O) groups is 2. The quantitative estimate of drug-likeness (QED) is 0.282. The first-order valence-electron chi connectivity index (χ1n) is 11.8. The fraction of sp³-hybridized carbons (Fsp3) is 0.143. The second-order valence-corrected chi connectivity index (χ2v) is 8.92. The van der Waals surface area contributed by atoms with Gasteiger partial charge < -0.3 is 25.1 Å². The summed E-state index contributed by atoms with van der Waals surface area (Å²) in [6, 6.07) is 24.5. The van der Waals surface area contributed by atoms with E-state index < -0.39 is 12.0 Å². The predicted octanol–water partition coefficient (Wildman–Crippen LogP) is 5.04. The van der Waals surface area contributed by atoms with Crippen LogP contribution in [0.3, 0.4) is 0 Å². The zero-order valence-corrected chi connectivity index (χ0v) is 20.5. The highest BCUT2D eigenvalue weighted by Crippen LogP contribution is 2.40. The third kappa shape index (κ3) is 5.22. The summed E-state index contributed by atoms with van der Waals surface area (Å²) in [6.45, 7) is 0.347. The Morgan fingerprint density at radius 2 is 1.76 bits per heavy atom. The van der Waals surface area contributed by atoms with Crippen molar-refractivity contribution in [3.63, 3.8) is 0 Å². The summed E-state index contributed by atoms with van der Waals surface area (Å²) in [7, 11) is 0. The standard InChI is InChI=1S/C28H24N4O4S/c33-24(30-18-8-2-1-3-9-18)15-17-32-26(25(31-28(32)37)21-12-6-7-16-29-21)23-14-13-22(36-23)19-10-4-5-11-20(19)27(34)35/h1-14,16,25-26H,15,17H2,(H,30,33)(H,31,37)(H,34,35)/t25-,26+/m0/s1. The number of benzene rings is 2. The van der Waals surface area contributed by atoms with Crippen LogP contribution in [0.4, 0.5) is 5.69 Å². The summed E-state index contributed by atoms with van der Waals surface area (Å²) in [5.41, 5.74) is 2.14. The van der Waals surface area contributed by atoms with Gasteiger partial charge in [0.2, 0.25) is 5.91 Å². The fourth-order valence-corrected chi connectivity index (χ4v) is 4.80. The molecule has 1 amide bonds. The molecule has 2 aromatic heterocycles. The lowest BCUT2D eigenvalue weighted by Crippen LogP contribution is -2.32. The number of aromatic nitrogens is 1. The number of pyridine rings is 1. The number of carboxylic acids is 1. The molecular weight excluding hydrogens is 488 g/mol. The maximum atomic E-state index is 12.7. The summed E-state index contributed by atoms with van der Waals surface area (Å²) in [5.74, 6) is -0.145. The smallest absolute Gasteiger partial charge is 0.336 e. The van der Waals surface area contributed by atoms with Crippen LogP contribution in [-0.4, -0.2) is 38.5 Å². The molecule has 1 aliphatic heterocycles. The van der Waals surface area contributed by atoms with Crippen molar-refractivity contribution in [1.29, 1.82) is 0 Å². The van der Waals surface area contributed by atoms with E-state index in [1.54, 1.807) is 36.5 Å². The Labute approximate surface area is 219 Å². The highest BCUT2D eigenvalue weighted by molar-refractivity contribution is 7.80. The van der Waals surface area contributed by atoms with Crippen LogP contribution in [0.1, 0.15) is 40.3 Å². The van der Waals surface area contributed by atoms with Crippen molar-refractivity contribution in [2.45, 2.75) is 18.5 Å². The van der Waals surface area contributed by atoms with Crippen molar-refractivity contribution in [3.05, 3.63) is 108 Å². The van der Waals surface area contributed by atoms with Crippen molar-refractivity contribution in [3.8, 4) is 11.3 Å². The number of carboxylic acid groups (broad SMARTS) is 1. The van der Waals surface area contributed by atoms with Crippen LogP contribution in [0.15, 0.2) is 95.5 Å². The molecule has 186 valence electrons. The maximum Gasteiger partial charge on any atom is 0.336 e. The van der Waals surface area contributed by atoms with Crippen molar-refractivity contribution in [2.75, 3.05) is 11.9 Å². The lowest BCUT2D eigenvalue weighted by atomic mass is 10.0. The molecule has 2 aromatic carbocycles. The molecule has 37 heavy (non-hydrogen) atoms. The van der Waals surface area contributed by atoms with E-state index in [1.807, 2.05) is 59.5 Å². The van der Waals surface area contributed by atoms with E-state index in [1.165, 1.54) is 0 Å². The molecule has 8 nitrogen and oxygen atoms in total. The molecule has 1 aliphatic rings. The topological polar surface area (TPSA) is 108 Å². The molecule has 0 aliphatic carbocycles. The van der Waals surface area contributed by atoms with E-state index in [0.29, 0.717) is 28.7 Å². The Bertz CT molecular complexity index is 1420. The minimum absolute atomic E-state index is 0.135. The molecule has 2 atom stereocenters. The van der Waals surface area contributed by atoms with Gasteiger partial charge in [0.1, 0.15) is 17.6 Å². The van der Waals surface area contributed by atoms with Crippen molar-refractivity contribution in [1.82, 2.24) is 15.2 Å². The van der Waals surface area contributed by atoms with E-state index in [9.17, 15) is 14.7 Å². The second-order valence-electron chi connectivity index (χ2n) is 8.54. The van der Waals surface area contributed by atoms with Crippen molar-refractivity contribution < 1.29 is 19.1 Å². The summed E-state index contributed by atoms with van der Waals surface area (Å²) in [5, 5.41) is 16.3. The number of hydrogen-bond acceptors (Lipinski definition) is 5. The Balaban J connectivity index is 1.43. The van der Waals surface area contributed by atoms with Gasteiger partial charge in [0.15, 0.2) is 5.11 Å². The lowest BCUT2D eigenvalue weighted by Gasteiger charge is -2.25. The number of aromatic carboxylic acids is 1. The predicted molar refractivity (Wildman–Crippen MR) is 143 cm³/mol. The number of furan rings is 1. The van der Waals surface area contributed by atoms with Crippen LogP contribution in [0.25, 0.3) is 11.3 Å². The van der Waals surface area contributed by atoms with Gasteiger partial charge in [0.05, 0.1) is 17.3 Å². The first kappa shape index (κ1) is 24.2. The summed E-state index contributed by atoms with van der Waals surface area (Å²) in [4.78, 5) is 30.8. The van der Waals surface area contributed by atoms with Gasteiger partial charge in [-0.15, -0.1) is 0 Å². The van der Waals surface area contributed by atoms with E-state index in [4.69, 9.17) is 16.6 Å². The average molecular weight is 513 g/mol. The van der Waals surface area contributed by atoms with Crippen LogP contribution in [0, 0.1) is 0 Å². The molecule has 0 unspecified atom stereocenters. The van der Waals surface area contributed by atoms with E-state index in [2.05, 4.69) is 15.6 Å². The molecule has 3 heterocycles. The van der Waals surface area contributed by atoms with Gasteiger partial charge in [-0.3, -0.25) is 9.78 Å². The summed E-state index contributed by atoms with van der Waals surface area (Å²) < 4.78 is 6.24. The monoisotopic (exact) mass is 512 g/mol. The van der Waals surface area contributed by atoms with E-state index in [-0.39, 0.29) is 23.9 Å². The van der Waals surface area contributed by atoms with E-state index in [0.717, 1.165) is 11.4 Å². The molecule has 1 fully saturated rings. The van der Waals surface area contributed by atoms with Crippen LogP contribution in [0.2, 0.25) is 0 Å². The van der Waals surface area contributed by atoms with Crippen LogP contribution >= 0.6 is 12.2 Å². The molecule has 5 rings (SSSR count). The third-order valence-corrected chi connectivity index (χ3v) is 6.53. The molecule has 9 heteroatoms. The number of thiocarbonyl (C=S) groups is 1. The number of amides is 1. The van der Waals surface area contributed by atoms with Crippen molar-refractivity contribution >= 4 is 34.9 Å². The summed E-state index contributed by atoms with van der Waals surface area (Å²) >= 11 is 5.67. The SMILES string of the molecule is O=C(CCN1C(=S)N[C@@H](c2ccccn2)[C@H]1c1ccc(-c2ccccc2C(=O)O)o1)Nc1ccccc1. The molecule has 0 radical (unpaired) electrons. The molecule has 0 saturated carbocycles. The Hall–Kier alpha value is -4.50. The Morgan fingerprint density at radius 3 is 2.51 bits per heavy atom. The minimum Gasteiger partial charge on any atom is -0.478 e. The fourth-order valence-electron chi connectivity index (χ4n) is 4.46. The Kier molecular flexibility index (Phi) is 6.96. The molecular formula is C28H24N4O4S. The number of nitrogens with one attached hydrogen (secondary N) is 2.